The van der Waals surface area contributed by atoms with Crippen molar-refractivity contribution >= 4 is 11.7 Å². The van der Waals surface area contributed by atoms with Gasteiger partial charge in [0.25, 0.3) is 0 Å². The van der Waals surface area contributed by atoms with Crippen molar-refractivity contribution < 1.29 is 19.8 Å². The second-order valence-corrected chi connectivity index (χ2v) is 13.4. The lowest BCUT2D eigenvalue weighted by Gasteiger charge is -2.35. The number of nitrogens with zero attached hydrogens (tertiary/aromatic N) is 3. The van der Waals surface area contributed by atoms with Crippen LogP contribution in [0.1, 0.15) is 130 Å². The van der Waals surface area contributed by atoms with Gasteiger partial charge >= 0.3 is 0 Å². The van der Waals surface area contributed by atoms with Crippen LogP contribution in [-0.2, 0) is 4.84 Å². The van der Waals surface area contributed by atoms with Crippen LogP contribution < -0.4 is 4.74 Å². The number of hydroxylamine groups is 2. The van der Waals surface area contributed by atoms with Gasteiger partial charge in [-0.2, -0.15) is 0 Å². The maximum atomic E-state index is 11.5. The number of aliphatic hydroxyl groups is 1. The second-order valence-electron chi connectivity index (χ2n) is 13.4. The molecule has 1 aliphatic heterocycles. The predicted octanol–water partition coefficient (Wildman–Crippen LogP) is 9.84. The number of ether oxygens (including phenoxy) is 1. The molecular weight excluding hydrogens is 598 g/mol. The summed E-state index contributed by atoms with van der Waals surface area (Å²) in [7, 11) is 0. The van der Waals surface area contributed by atoms with Crippen molar-refractivity contribution in [3.8, 4) is 11.5 Å². The van der Waals surface area contributed by atoms with E-state index in [2.05, 4.69) is 71.0 Å². The van der Waals surface area contributed by atoms with Gasteiger partial charge in [-0.25, -0.2) is 15.0 Å². The number of phenols is 1. The zero-order chi connectivity index (χ0) is 34.5. The van der Waals surface area contributed by atoms with Crippen molar-refractivity contribution in [2.24, 2.45) is 9.98 Å². The lowest BCUT2D eigenvalue weighted by molar-refractivity contribution is -0.129. The molecule has 0 saturated heterocycles. The summed E-state index contributed by atoms with van der Waals surface area (Å²) >= 11 is 0. The molecule has 4 rings (SSSR count). The van der Waals surface area contributed by atoms with Gasteiger partial charge in [0, 0.05) is 16.7 Å². The van der Waals surface area contributed by atoms with Crippen LogP contribution in [0.3, 0.4) is 0 Å². The maximum Gasteiger partial charge on any atom is 0.179 e. The number of aromatic hydroxyl groups is 1. The molecule has 2 unspecified atom stereocenters. The minimum atomic E-state index is -0.725. The molecule has 3 aromatic rings. The van der Waals surface area contributed by atoms with E-state index in [4.69, 9.17) is 19.6 Å². The fourth-order valence-electron chi connectivity index (χ4n) is 6.23. The van der Waals surface area contributed by atoms with Crippen LogP contribution in [0.15, 0.2) is 64.6 Å². The first-order valence-electron chi connectivity index (χ1n) is 18.1. The third kappa shape index (κ3) is 10.4. The van der Waals surface area contributed by atoms with E-state index in [0.717, 1.165) is 35.1 Å². The zero-order valence-electron chi connectivity index (χ0n) is 30.1. The smallest absolute Gasteiger partial charge is 0.179 e. The Morgan fingerprint density at radius 3 is 1.94 bits per heavy atom. The first-order chi connectivity index (χ1) is 23.2. The van der Waals surface area contributed by atoms with Crippen LogP contribution in [0.5, 0.6) is 11.5 Å². The van der Waals surface area contributed by atoms with Crippen molar-refractivity contribution in [2.75, 3.05) is 13.2 Å². The van der Waals surface area contributed by atoms with Gasteiger partial charge in [0.1, 0.15) is 6.61 Å². The highest BCUT2D eigenvalue weighted by molar-refractivity contribution is 6.13. The molecule has 0 fully saturated rings. The van der Waals surface area contributed by atoms with Crippen molar-refractivity contribution in [2.45, 2.75) is 124 Å². The Balaban J connectivity index is 1.62. The van der Waals surface area contributed by atoms with Crippen LogP contribution in [-0.4, -0.2) is 46.3 Å². The van der Waals surface area contributed by atoms with Gasteiger partial charge in [0.15, 0.2) is 29.3 Å². The number of hydrogen-bond donors (Lipinski definition) is 2. The molecule has 1 heterocycles. The largest absolute Gasteiger partial charge is 0.504 e. The van der Waals surface area contributed by atoms with E-state index in [0.29, 0.717) is 23.8 Å². The molecule has 0 amide bonds. The predicted molar refractivity (Wildman–Crippen MR) is 197 cm³/mol. The molecule has 3 aromatic carbocycles. The first kappa shape index (κ1) is 37.1. The van der Waals surface area contributed by atoms with Crippen LogP contribution in [0, 0.1) is 27.7 Å². The Kier molecular flexibility index (Phi) is 14.5. The molecule has 0 saturated carbocycles. The fourth-order valence-corrected chi connectivity index (χ4v) is 6.23. The minimum Gasteiger partial charge on any atom is -0.504 e. The summed E-state index contributed by atoms with van der Waals surface area (Å²) in [6.07, 6.45) is 12.4. The van der Waals surface area contributed by atoms with Crippen LogP contribution in [0.2, 0.25) is 0 Å². The number of aryl methyl sites for hydroxylation is 4. The highest BCUT2D eigenvalue weighted by Gasteiger charge is 2.34. The van der Waals surface area contributed by atoms with Crippen molar-refractivity contribution in [3.63, 3.8) is 0 Å². The number of amidine groups is 2. The summed E-state index contributed by atoms with van der Waals surface area (Å²) in [6, 6.07) is 18.0. The monoisotopic (exact) mass is 655 g/mol. The fraction of sp³-hybridized carbons (Fsp3) is 0.512. The third-order valence-corrected chi connectivity index (χ3v) is 8.90. The molecule has 7 heteroatoms. The zero-order valence-corrected chi connectivity index (χ0v) is 30.1. The molecule has 0 spiro atoms. The number of aliphatic imine (C=N–C) groups is 2. The molecule has 1 aliphatic rings. The van der Waals surface area contributed by atoms with Gasteiger partial charge in [-0.15, -0.1) is 0 Å². The highest BCUT2D eigenvalue weighted by Crippen LogP contribution is 2.40. The highest BCUT2D eigenvalue weighted by atomic mass is 16.7. The van der Waals surface area contributed by atoms with Crippen LogP contribution >= 0.6 is 0 Å². The molecule has 7 nitrogen and oxygen atoms in total. The van der Waals surface area contributed by atoms with Gasteiger partial charge in [0.05, 0.1) is 12.7 Å². The summed E-state index contributed by atoms with van der Waals surface area (Å²) in [5.74, 6) is 1.49. The van der Waals surface area contributed by atoms with Gasteiger partial charge < -0.3 is 14.9 Å². The lowest BCUT2D eigenvalue weighted by Crippen LogP contribution is -2.39. The van der Waals surface area contributed by atoms with Crippen LogP contribution in [0.25, 0.3) is 0 Å². The number of hydrogen-bond acceptors (Lipinski definition) is 7. The van der Waals surface area contributed by atoms with E-state index in [-0.39, 0.29) is 18.1 Å². The Morgan fingerprint density at radius 2 is 1.35 bits per heavy atom. The summed E-state index contributed by atoms with van der Waals surface area (Å²) in [5.41, 5.74) is 6.90. The quantitative estimate of drug-likeness (QED) is 0.126. The number of rotatable bonds is 19. The topological polar surface area (TPSA) is 86.9 Å². The Hall–Kier alpha value is -3.68. The van der Waals surface area contributed by atoms with Gasteiger partial charge in [-0.05, 0) is 58.2 Å². The Labute approximate surface area is 288 Å². The molecule has 260 valence electrons. The van der Waals surface area contributed by atoms with Crippen molar-refractivity contribution in [1.82, 2.24) is 5.06 Å². The van der Waals surface area contributed by atoms with Gasteiger partial charge in [-0.1, -0.05) is 131 Å². The molecule has 2 N–H and O–H groups in total. The number of benzene rings is 3. The number of phenolic OH excluding ortho intramolecular Hbond substituents is 1. The number of aliphatic hydroxyl groups excluding tert-OH is 1. The maximum absolute atomic E-state index is 11.5. The standard InChI is InChI=1S/C41H57N3O4/c1-7-8-9-10-11-12-13-14-15-16-17-25-48-44-40(35-24-22-30(3)27-32(35)5)42-39(34-23-21-29(2)26-31(34)4)43-41(44)36-19-18-20-37(38(36)46)47-28-33(6)45/h18-24,26-27,33,41,45-46H,7-17,25,28H2,1-6H3. The summed E-state index contributed by atoms with van der Waals surface area (Å²) < 4.78 is 5.79. The average Bonchev–Trinajstić information content (AvgIpc) is 3.05. The molecule has 48 heavy (non-hydrogen) atoms. The van der Waals surface area contributed by atoms with Crippen LogP contribution in [0.4, 0.5) is 0 Å². The molecule has 0 radical (unpaired) electrons. The molecule has 0 bridgehead atoms. The van der Waals surface area contributed by atoms with E-state index in [9.17, 15) is 10.2 Å². The Morgan fingerprint density at radius 1 is 0.771 bits per heavy atom. The van der Waals surface area contributed by atoms with E-state index in [1.807, 2.05) is 12.1 Å². The first-order valence-corrected chi connectivity index (χ1v) is 18.1. The summed E-state index contributed by atoms with van der Waals surface area (Å²) in [6.45, 7) is 12.8. The normalized spacial score (nSPS) is 15.3. The van der Waals surface area contributed by atoms with Gasteiger partial charge in [0.2, 0.25) is 0 Å². The van der Waals surface area contributed by atoms with E-state index >= 15 is 0 Å². The Bertz CT molecular complexity index is 1530. The second kappa shape index (κ2) is 18.8. The van der Waals surface area contributed by atoms with Crippen molar-refractivity contribution in [3.05, 3.63) is 93.5 Å². The molecule has 2 atom stereocenters. The SMILES string of the molecule is CCCCCCCCCCCCCON1C(c2ccc(C)cc2C)=NC(c2ccc(C)cc2C)=NC1c1cccc(OCC(C)O)c1O. The average molecular weight is 656 g/mol. The van der Waals surface area contributed by atoms with Crippen molar-refractivity contribution in [1.29, 1.82) is 0 Å². The number of unbranched alkanes of at least 4 members (excludes halogenated alkanes) is 10. The summed E-state index contributed by atoms with van der Waals surface area (Å²) in [5, 5.41) is 23.2. The molecule has 0 aromatic heterocycles. The minimum absolute atomic E-state index is 0.0305. The van der Waals surface area contributed by atoms with Gasteiger partial charge in [-0.3, -0.25) is 4.84 Å². The lowest BCUT2D eigenvalue weighted by atomic mass is 10.0. The number of para-hydroxylation sites is 1. The molecular formula is C41H57N3O4. The summed E-state index contributed by atoms with van der Waals surface area (Å²) in [4.78, 5) is 16.9. The molecule has 0 aliphatic carbocycles. The van der Waals surface area contributed by atoms with E-state index in [1.54, 1.807) is 18.1 Å². The van der Waals surface area contributed by atoms with E-state index in [1.165, 1.54) is 68.9 Å². The van der Waals surface area contributed by atoms with E-state index < -0.39 is 12.3 Å². The third-order valence-electron chi connectivity index (χ3n) is 8.90.